The van der Waals surface area contributed by atoms with Gasteiger partial charge in [-0.25, -0.2) is 8.57 Å². The van der Waals surface area contributed by atoms with E-state index in [1.807, 2.05) is 66.7 Å². The molecule has 0 aliphatic heterocycles. The molecule has 3 aromatic rings. The summed E-state index contributed by atoms with van der Waals surface area (Å²) < 4.78 is 17.8. The van der Waals surface area contributed by atoms with Gasteiger partial charge in [0.15, 0.2) is 0 Å². The van der Waals surface area contributed by atoms with Crippen molar-refractivity contribution in [2.24, 2.45) is 4.36 Å². The molecule has 0 saturated carbocycles. The van der Waals surface area contributed by atoms with Gasteiger partial charge in [0.05, 0.1) is 15.5 Å². The molecule has 0 radical (unpaired) electrons. The summed E-state index contributed by atoms with van der Waals surface area (Å²) in [5, 5.41) is 0. The van der Waals surface area contributed by atoms with Crippen molar-refractivity contribution in [3.63, 3.8) is 0 Å². The number of hydrogen-bond acceptors (Lipinski definition) is 2. The van der Waals surface area contributed by atoms with E-state index >= 15 is 0 Å². The van der Waals surface area contributed by atoms with E-state index in [0.29, 0.717) is 5.75 Å². The lowest BCUT2D eigenvalue weighted by molar-refractivity contribution is 0.677. The molecular weight excluding hydrogens is 338 g/mol. The standard InChI is InChI=1S/C23H23NOS/c1-24-26(25,23-15-9-4-10-16-23)19-22(17-20-11-5-2-6-12-20)18-21-13-7-3-8-14-21/h2-17H,18-19H2,1H3/b22-17+. The average molecular weight is 362 g/mol. The Morgan fingerprint density at radius 3 is 1.96 bits per heavy atom. The number of nitrogens with zero attached hydrogens (tertiary/aromatic N) is 1. The third kappa shape index (κ3) is 4.70. The van der Waals surface area contributed by atoms with E-state index in [9.17, 15) is 4.21 Å². The maximum atomic E-state index is 13.5. The van der Waals surface area contributed by atoms with Gasteiger partial charge >= 0.3 is 0 Å². The molecule has 1 atom stereocenters. The molecule has 132 valence electrons. The summed E-state index contributed by atoms with van der Waals surface area (Å²) in [4.78, 5) is 0.787. The van der Waals surface area contributed by atoms with Crippen LogP contribution in [0.4, 0.5) is 0 Å². The van der Waals surface area contributed by atoms with E-state index in [1.54, 1.807) is 7.05 Å². The van der Waals surface area contributed by atoms with Crippen molar-refractivity contribution in [3.05, 3.63) is 108 Å². The Bertz CT molecular complexity index is 970. The van der Waals surface area contributed by atoms with E-state index in [0.717, 1.165) is 22.5 Å². The minimum atomic E-state index is -2.49. The van der Waals surface area contributed by atoms with Crippen molar-refractivity contribution < 1.29 is 4.21 Å². The van der Waals surface area contributed by atoms with Crippen molar-refractivity contribution in [2.45, 2.75) is 11.3 Å². The third-order valence-electron chi connectivity index (χ3n) is 4.23. The number of hydrogen-bond donors (Lipinski definition) is 0. The van der Waals surface area contributed by atoms with Crippen LogP contribution in [0.2, 0.25) is 0 Å². The highest BCUT2D eigenvalue weighted by atomic mass is 32.2. The fourth-order valence-electron chi connectivity index (χ4n) is 2.92. The van der Waals surface area contributed by atoms with E-state index < -0.39 is 9.73 Å². The lowest BCUT2D eigenvalue weighted by Crippen LogP contribution is -2.10. The number of benzene rings is 3. The molecule has 0 bridgehead atoms. The van der Waals surface area contributed by atoms with Crippen molar-refractivity contribution in [1.82, 2.24) is 0 Å². The lowest BCUT2D eigenvalue weighted by Gasteiger charge is -2.14. The quantitative estimate of drug-likeness (QED) is 0.572. The Balaban J connectivity index is 1.98. The maximum Gasteiger partial charge on any atom is 0.0788 e. The zero-order chi connectivity index (χ0) is 18.2. The highest BCUT2D eigenvalue weighted by Gasteiger charge is 2.15. The molecule has 0 aromatic heterocycles. The summed E-state index contributed by atoms with van der Waals surface area (Å²) in [5.74, 6) is 0.428. The van der Waals surface area contributed by atoms with Crippen molar-refractivity contribution in [2.75, 3.05) is 12.8 Å². The molecule has 1 unspecified atom stereocenters. The Labute approximate surface area is 156 Å². The van der Waals surface area contributed by atoms with Crippen LogP contribution in [0.25, 0.3) is 6.08 Å². The van der Waals surface area contributed by atoms with Gasteiger partial charge in [0, 0.05) is 11.9 Å². The zero-order valence-corrected chi connectivity index (χ0v) is 15.7. The fraction of sp³-hybridized carbons (Fsp3) is 0.130. The highest BCUT2D eigenvalue weighted by molar-refractivity contribution is 7.93. The van der Waals surface area contributed by atoms with Gasteiger partial charge in [-0.1, -0.05) is 90.5 Å². The molecule has 0 fully saturated rings. The van der Waals surface area contributed by atoms with Crippen LogP contribution >= 0.6 is 0 Å². The van der Waals surface area contributed by atoms with Crippen molar-refractivity contribution in [3.8, 4) is 0 Å². The van der Waals surface area contributed by atoms with Crippen LogP contribution in [-0.4, -0.2) is 17.0 Å². The fourth-order valence-corrected chi connectivity index (χ4v) is 4.70. The normalized spacial score (nSPS) is 13.8. The first-order chi connectivity index (χ1) is 12.7. The first-order valence-corrected chi connectivity index (χ1v) is 10.3. The Hall–Kier alpha value is -2.65. The summed E-state index contributed by atoms with van der Waals surface area (Å²) >= 11 is 0. The molecular formula is C23H23NOS. The van der Waals surface area contributed by atoms with Gasteiger partial charge < -0.3 is 0 Å². The monoisotopic (exact) mass is 361 g/mol. The summed E-state index contributed by atoms with van der Waals surface area (Å²) in [6.07, 6.45) is 2.90. The SMILES string of the molecule is CN=S(=O)(C/C(=C/c1ccccc1)Cc1ccccc1)c1ccccc1. The van der Waals surface area contributed by atoms with Crippen molar-refractivity contribution >= 4 is 15.8 Å². The molecule has 0 N–H and O–H groups in total. The van der Waals surface area contributed by atoms with Gasteiger partial charge in [0.1, 0.15) is 0 Å². The van der Waals surface area contributed by atoms with E-state index in [-0.39, 0.29) is 0 Å². The van der Waals surface area contributed by atoms with Gasteiger partial charge in [-0.2, -0.15) is 0 Å². The van der Waals surface area contributed by atoms with Crippen LogP contribution in [0.15, 0.2) is 106 Å². The molecule has 3 rings (SSSR count). The Kier molecular flexibility index (Phi) is 6.03. The highest BCUT2D eigenvalue weighted by Crippen LogP contribution is 2.21. The van der Waals surface area contributed by atoms with Crippen LogP contribution < -0.4 is 0 Å². The molecule has 0 aliphatic rings. The molecule has 0 heterocycles. The minimum Gasteiger partial charge on any atom is -0.244 e. The van der Waals surface area contributed by atoms with Gasteiger partial charge in [-0.05, 0) is 29.7 Å². The minimum absolute atomic E-state index is 0.428. The van der Waals surface area contributed by atoms with Gasteiger partial charge in [0.2, 0.25) is 0 Å². The van der Waals surface area contributed by atoms with Crippen molar-refractivity contribution in [1.29, 1.82) is 0 Å². The second-order valence-electron chi connectivity index (χ2n) is 6.16. The second-order valence-corrected chi connectivity index (χ2v) is 8.56. The Morgan fingerprint density at radius 1 is 0.846 bits per heavy atom. The molecule has 0 aliphatic carbocycles. The first-order valence-electron chi connectivity index (χ1n) is 8.66. The summed E-state index contributed by atoms with van der Waals surface area (Å²) in [7, 11) is -0.838. The van der Waals surface area contributed by atoms with E-state index in [1.165, 1.54) is 5.56 Å². The first kappa shape index (κ1) is 18.2. The molecule has 3 aromatic carbocycles. The predicted octanol–water partition coefficient (Wildman–Crippen LogP) is 5.47. The van der Waals surface area contributed by atoms with Crippen LogP contribution in [0.5, 0.6) is 0 Å². The second kappa shape index (κ2) is 8.63. The molecule has 3 heteroatoms. The number of rotatable bonds is 6. The maximum absolute atomic E-state index is 13.5. The van der Waals surface area contributed by atoms with Gasteiger partial charge in [-0.3, -0.25) is 0 Å². The van der Waals surface area contributed by atoms with Crippen LogP contribution in [0.3, 0.4) is 0 Å². The van der Waals surface area contributed by atoms with E-state index in [4.69, 9.17) is 0 Å². The summed E-state index contributed by atoms with van der Waals surface area (Å²) in [5.41, 5.74) is 3.44. The van der Waals surface area contributed by atoms with Gasteiger partial charge in [0.25, 0.3) is 0 Å². The molecule has 0 spiro atoms. The molecule has 26 heavy (non-hydrogen) atoms. The van der Waals surface area contributed by atoms with Crippen LogP contribution in [0.1, 0.15) is 11.1 Å². The smallest absolute Gasteiger partial charge is 0.0788 e. The van der Waals surface area contributed by atoms with Crippen LogP contribution in [-0.2, 0) is 16.1 Å². The predicted molar refractivity (Wildman–Crippen MR) is 111 cm³/mol. The third-order valence-corrected chi connectivity index (χ3v) is 6.59. The zero-order valence-electron chi connectivity index (χ0n) is 14.9. The molecule has 2 nitrogen and oxygen atoms in total. The largest absolute Gasteiger partial charge is 0.244 e. The van der Waals surface area contributed by atoms with Gasteiger partial charge in [-0.15, -0.1) is 0 Å². The molecule has 0 saturated heterocycles. The van der Waals surface area contributed by atoms with Crippen LogP contribution in [0, 0.1) is 0 Å². The summed E-state index contributed by atoms with van der Waals surface area (Å²) in [6, 6.07) is 30.0. The molecule has 0 amide bonds. The van der Waals surface area contributed by atoms with E-state index in [2.05, 4.69) is 34.7 Å². The average Bonchev–Trinajstić information content (AvgIpc) is 2.70. The Morgan fingerprint density at radius 2 is 1.38 bits per heavy atom. The topological polar surface area (TPSA) is 29.4 Å². The lowest BCUT2D eigenvalue weighted by atomic mass is 10.0. The summed E-state index contributed by atoms with van der Waals surface area (Å²) in [6.45, 7) is 0.